The Hall–Kier alpha value is -2.07. The molecule has 1 aliphatic rings. The predicted octanol–water partition coefficient (Wildman–Crippen LogP) is 10.9. The van der Waals surface area contributed by atoms with Gasteiger partial charge in [-0.1, -0.05) is 127 Å². The van der Waals surface area contributed by atoms with E-state index in [9.17, 15) is 19.0 Å². The zero-order valence-corrected chi connectivity index (χ0v) is 34.8. The van der Waals surface area contributed by atoms with Crippen molar-refractivity contribution in [1.29, 1.82) is 0 Å². The SMILES string of the molecule is CCCCC/C=C\C/C=C\C/C=C\CC1OC1CCCC(=O)O[C@H](COC(=O)CCCCCCCCC/C=C\CCCCCC)COP(=O)(O)OCCN. The maximum atomic E-state index is 12.6. The maximum Gasteiger partial charge on any atom is 0.472 e. The monoisotopic (exact) mass is 782 g/mol. The number of ether oxygens (including phenoxy) is 3. The first-order valence-corrected chi connectivity index (χ1v) is 22.7. The van der Waals surface area contributed by atoms with E-state index in [0.717, 1.165) is 57.8 Å². The molecule has 1 heterocycles. The van der Waals surface area contributed by atoms with Gasteiger partial charge in [-0.2, -0.15) is 0 Å². The highest BCUT2D eigenvalue weighted by Crippen LogP contribution is 2.43. The molecule has 10 nitrogen and oxygen atoms in total. The largest absolute Gasteiger partial charge is 0.472 e. The lowest BCUT2D eigenvalue weighted by molar-refractivity contribution is -0.161. The average Bonchev–Trinajstić information content (AvgIpc) is 3.91. The fourth-order valence-electron chi connectivity index (χ4n) is 5.83. The molecule has 0 aromatic heterocycles. The summed E-state index contributed by atoms with van der Waals surface area (Å²) in [7, 11) is -4.40. The Labute approximate surface area is 328 Å². The van der Waals surface area contributed by atoms with E-state index >= 15 is 0 Å². The first-order valence-electron chi connectivity index (χ1n) is 21.2. The Morgan fingerprint density at radius 3 is 1.87 bits per heavy atom. The highest BCUT2D eigenvalue weighted by atomic mass is 31.2. The van der Waals surface area contributed by atoms with Gasteiger partial charge in [0.05, 0.1) is 25.4 Å². The highest BCUT2D eigenvalue weighted by molar-refractivity contribution is 7.47. The molecule has 1 fully saturated rings. The Kier molecular flexibility index (Phi) is 32.7. The molecule has 0 saturated carbocycles. The molecule has 1 aliphatic heterocycles. The van der Waals surface area contributed by atoms with Crippen molar-refractivity contribution in [2.45, 2.75) is 186 Å². The summed E-state index contributed by atoms with van der Waals surface area (Å²) in [5.41, 5.74) is 5.34. The van der Waals surface area contributed by atoms with Gasteiger partial charge in [0.25, 0.3) is 0 Å². The molecule has 312 valence electrons. The third-order valence-electron chi connectivity index (χ3n) is 9.11. The van der Waals surface area contributed by atoms with Crippen LogP contribution in [-0.4, -0.2) is 61.5 Å². The van der Waals surface area contributed by atoms with Crippen molar-refractivity contribution in [3.63, 3.8) is 0 Å². The van der Waals surface area contributed by atoms with Crippen LogP contribution in [0, 0.1) is 0 Å². The van der Waals surface area contributed by atoms with Gasteiger partial charge < -0.3 is 24.8 Å². The number of rotatable bonds is 38. The third kappa shape index (κ3) is 32.2. The van der Waals surface area contributed by atoms with E-state index in [1.807, 2.05) is 0 Å². The number of phosphoric ester groups is 1. The molecular formula is C43H76NO9P. The van der Waals surface area contributed by atoms with Crippen molar-refractivity contribution in [2.24, 2.45) is 5.73 Å². The van der Waals surface area contributed by atoms with E-state index in [0.29, 0.717) is 12.8 Å². The molecule has 0 bridgehead atoms. The zero-order chi connectivity index (χ0) is 39.4. The molecule has 3 unspecified atom stereocenters. The van der Waals surface area contributed by atoms with Crippen LogP contribution < -0.4 is 5.73 Å². The first kappa shape index (κ1) is 49.9. The van der Waals surface area contributed by atoms with E-state index in [1.165, 1.54) is 70.6 Å². The standard InChI is InChI=1S/C43H76NO9P/c1-3-5-7-9-11-13-15-17-18-19-21-23-25-27-29-33-42(45)49-37-39(38-51-54(47,48)50-36-35-44)52-43(46)34-30-32-41-40(53-41)31-28-26-24-22-20-16-14-12-10-8-6-4-2/h12-15,20,22,26,28,39-41H,3-11,16-19,21,23-25,27,29-38,44H2,1-2H3,(H,47,48)/b14-12-,15-13-,22-20-,28-26-/t39-,40?,41?/m1/s1. The molecule has 0 aliphatic carbocycles. The molecule has 0 spiro atoms. The lowest BCUT2D eigenvalue weighted by Gasteiger charge is -2.19. The molecule has 4 atom stereocenters. The number of unbranched alkanes of at least 4 members (excludes halogenated alkanes) is 14. The molecule has 0 aromatic rings. The fourth-order valence-corrected chi connectivity index (χ4v) is 6.60. The van der Waals surface area contributed by atoms with E-state index in [4.69, 9.17) is 29.0 Å². The summed E-state index contributed by atoms with van der Waals surface area (Å²) < 4.78 is 38.5. The Morgan fingerprint density at radius 1 is 0.667 bits per heavy atom. The quantitative estimate of drug-likeness (QED) is 0.0204. The van der Waals surface area contributed by atoms with E-state index in [2.05, 4.69) is 62.5 Å². The number of allylic oxidation sites excluding steroid dienone is 7. The van der Waals surface area contributed by atoms with Crippen molar-refractivity contribution in [1.82, 2.24) is 0 Å². The zero-order valence-electron chi connectivity index (χ0n) is 33.9. The summed E-state index contributed by atoms with van der Waals surface area (Å²) in [5, 5.41) is 0. The van der Waals surface area contributed by atoms with Gasteiger partial charge in [0, 0.05) is 19.4 Å². The van der Waals surface area contributed by atoms with Gasteiger partial charge in [0.1, 0.15) is 6.61 Å². The number of carbonyl (C=O) groups excluding carboxylic acids is 2. The van der Waals surface area contributed by atoms with Crippen LogP contribution in [-0.2, 0) is 37.4 Å². The molecule has 1 rings (SSSR count). The van der Waals surface area contributed by atoms with Gasteiger partial charge in [-0.3, -0.25) is 18.6 Å². The lowest BCUT2D eigenvalue weighted by Crippen LogP contribution is -2.29. The molecule has 54 heavy (non-hydrogen) atoms. The Balaban J connectivity index is 2.25. The smallest absolute Gasteiger partial charge is 0.462 e. The molecular weight excluding hydrogens is 705 g/mol. The predicted molar refractivity (Wildman–Crippen MR) is 219 cm³/mol. The van der Waals surface area contributed by atoms with Crippen molar-refractivity contribution in [3.8, 4) is 0 Å². The second kappa shape index (κ2) is 35.4. The van der Waals surface area contributed by atoms with Crippen LogP contribution in [0.5, 0.6) is 0 Å². The fraction of sp³-hybridized carbons (Fsp3) is 0.767. The second-order valence-electron chi connectivity index (χ2n) is 14.2. The van der Waals surface area contributed by atoms with Crippen LogP contribution in [0.25, 0.3) is 0 Å². The van der Waals surface area contributed by atoms with E-state index < -0.39 is 32.5 Å². The van der Waals surface area contributed by atoms with Crippen LogP contribution in [0.15, 0.2) is 48.6 Å². The van der Waals surface area contributed by atoms with Gasteiger partial charge in [0.15, 0.2) is 6.10 Å². The van der Waals surface area contributed by atoms with Crippen LogP contribution in [0.1, 0.15) is 168 Å². The van der Waals surface area contributed by atoms with E-state index in [1.54, 1.807) is 0 Å². The normalized spacial score (nSPS) is 17.6. The molecule has 0 amide bonds. The third-order valence-corrected chi connectivity index (χ3v) is 10.1. The van der Waals surface area contributed by atoms with E-state index in [-0.39, 0.29) is 44.8 Å². The number of nitrogens with two attached hydrogens (primary N) is 1. The number of phosphoric acid groups is 1. The van der Waals surface area contributed by atoms with Crippen molar-refractivity contribution >= 4 is 19.8 Å². The summed E-state index contributed by atoms with van der Waals surface area (Å²) in [5.74, 6) is -0.912. The second-order valence-corrected chi connectivity index (χ2v) is 15.7. The number of esters is 2. The van der Waals surface area contributed by atoms with Crippen molar-refractivity contribution < 1.29 is 42.3 Å². The Morgan fingerprint density at radius 2 is 1.20 bits per heavy atom. The van der Waals surface area contributed by atoms with Gasteiger partial charge in [0.2, 0.25) is 0 Å². The van der Waals surface area contributed by atoms with Gasteiger partial charge in [-0.15, -0.1) is 0 Å². The topological polar surface area (TPSA) is 147 Å². The summed E-state index contributed by atoms with van der Waals surface area (Å²) in [6, 6.07) is 0. The molecule has 1 saturated heterocycles. The minimum atomic E-state index is -4.40. The summed E-state index contributed by atoms with van der Waals surface area (Å²) in [6.07, 6.45) is 41.6. The molecule has 11 heteroatoms. The van der Waals surface area contributed by atoms with Crippen LogP contribution in [0.2, 0.25) is 0 Å². The summed E-state index contributed by atoms with van der Waals surface area (Å²) in [6.45, 7) is 3.59. The van der Waals surface area contributed by atoms with Crippen LogP contribution >= 0.6 is 7.82 Å². The number of carbonyl (C=O) groups is 2. The van der Waals surface area contributed by atoms with Crippen molar-refractivity contribution in [2.75, 3.05) is 26.4 Å². The molecule has 3 N–H and O–H groups in total. The van der Waals surface area contributed by atoms with Gasteiger partial charge in [-0.25, -0.2) is 4.57 Å². The average molecular weight is 782 g/mol. The first-order chi connectivity index (χ1) is 26.3. The minimum Gasteiger partial charge on any atom is -0.462 e. The summed E-state index contributed by atoms with van der Waals surface area (Å²) >= 11 is 0. The van der Waals surface area contributed by atoms with Gasteiger partial charge in [-0.05, 0) is 77.0 Å². The summed E-state index contributed by atoms with van der Waals surface area (Å²) in [4.78, 5) is 34.9. The lowest BCUT2D eigenvalue weighted by atomic mass is 10.1. The molecule has 0 aromatic carbocycles. The van der Waals surface area contributed by atoms with Crippen molar-refractivity contribution in [3.05, 3.63) is 48.6 Å². The number of hydrogen-bond acceptors (Lipinski definition) is 9. The van der Waals surface area contributed by atoms with Gasteiger partial charge >= 0.3 is 19.8 Å². The maximum absolute atomic E-state index is 12.6. The minimum absolute atomic E-state index is 0.0391. The number of epoxide rings is 1. The van der Waals surface area contributed by atoms with Crippen LogP contribution in [0.3, 0.4) is 0 Å². The highest BCUT2D eigenvalue weighted by Gasteiger charge is 2.36. The number of hydrogen-bond donors (Lipinski definition) is 2. The Bertz CT molecular complexity index is 1090. The molecule has 0 radical (unpaired) electrons. The van der Waals surface area contributed by atoms with Crippen LogP contribution in [0.4, 0.5) is 0 Å².